The molecule has 0 aromatic heterocycles. The average Bonchev–Trinajstić information content (AvgIpc) is 2.38. The molecule has 0 radical (unpaired) electrons. The van der Waals surface area contributed by atoms with Gasteiger partial charge in [-0.2, -0.15) is 0 Å². The van der Waals surface area contributed by atoms with E-state index in [9.17, 15) is 0 Å². The molecule has 0 heterocycles. The summed E-state index contributed by atoms with van der Waals surface area (Å²) in [7, 11) is 0. The van der Waals surface area contributed by atoms with Crippen molar-refractivity contribution in [1.82, 2.24) is 0 Å². The van der Waals surface area contributed by atoms with Crippen molar-refractivity contribution >= 4 is 0 Å². The fraction of sp³-hybridized carbons (Fsp3) is 0.529. The Kier molecular flexibility index (Phi) is 6.14. The molecule has 0 saturated carbocycles. The molecule has 1 aromatic carbocycles. The van der Waals surface area contributed by atoms with Gasteiger partial charge in [-0.05, 0) is 17.9 Å². The van der Waals surface area contributed by atoms with Gasteiger partial charge in [0.1, 0.15) is 0 Å². The molecule has 100 valence electrons. The predicted molar refractivity (Wildman–Crippen MR) is 78.5 cm³/mol. The Morgan fingerprint density at radius 2 is 1.78 bits per heavy atom. The fourth-order valence-corrected chi connectivity index (χ4v) is 2.24. The molecule has 0 unspecified atom stereocenters. The lowest BCUT2D eigenvalue weighted by Gasteiger charge is -2.29. The second-order valence-electron chi connectivity index (χ2n) is 5.31. The van der Waals surface area contributed by atoms with Crippen LogP contribution in [0.3, 0.4) is 0 Å². The molecule has 0 aliphatic carbocycles. The summed E-state index contributed by atoms with van der Waals surface area (Å²) >= 11 is 0. The zero-order chi connectivity index (χ0) is 13.5. The van der Waals surface area contributed by atoms with E-state index in [2.05, 4.69) is 58.5 Å². The van der Waals surface area contributed by atoms with Crippen LogP contribution in [-0.2, 0) is 11.3 Å². The number of rotatable bonds is 7. The first-order valence-electron chi connectivity index (χ1n) is 6.89. The molecule has 0 aliphatic rings. The van der Waals surface area contributed by atoms with Crippen molar-refractivity contribution in [2.24, 2.45) is 11.8 Å². The van der Waals surface area contributed by atoms with Crippen LogP contribution in [0.25, 0.3) is 0 Å². The van der Waals surface area contributed by atoms with Gasteiger partial charge >= 0.3 is 0 Å². The molecule has 1 rings (SSSR count). The summed E-state index contributed by atoms with van der Waals surface area (Å²) < 4.78 is 6.11. The van der Waals surface area contributed by atoms with E-state index in [-0.39, 0.29) is 6.10 Å². The van der Waals surface area contributed by atoms with Gasteiger partial charge in [-0.3, -0.25) is 0 Å². The molecule has 0 saturated heterocycles. The minimum absolute atomic E-state index is 0.248. The lowest BCUT2D eigenvalue weighted by molar-refractivity contribution is -0.0148. The predicted octanol–water partition coefficient (Wildman–Crippen LogP) is 4.83. The van der Waals surface area contributed by atoms with E-state index < -0.39 is 0 Å². The summed E-state index contributed by atoms with van der Waals surface area (Å²) in [5.41, 5.74) is 2.51. The molecule has 1 aromatic rings. The zero-order valence-corrected chi connectivity index (χ0v) is 12.1. The summed E-state index contributed by atoms with van der Waals surface area (Å²) in [5, 5.41) is 0. The summed E-state index contributed by atoms with van der Waals surface area (Å²) in [5.74, 6) is 0.922. The molecule has 0 bridgehead atoms. The van der Waals surface area contributed by atoms with Gasteiger partial charge in [-0.1, -0.05) is 70.2 Å². The van der Waals surface area contributed by atoms with Crippen LogP contribution in [-0.4, -0.2) is 6.10 Å². The first-order valence-corrected chi connectivity index (χ1v) is 6.89. The zero-order valence-electron chi connectivity index (χ0n) is 12.1. The Morgan fingerprint density at radius 3 is 2.28 bits per heavy atom. The highest BCUT2D eigenvalue weighted by molar-refractivity contribution is 5.13. The van der Waals surface area contributed by atoms with E-state index in [4.69, 9.17) is 4.74 Å². The van der Waals surface area contributed by atoms with E-state index in [1.54, 1.807) is 0 Å². The third-order valence-electron chi connectivity index (χ3n) is 3.53. The van der Waals surface area contributed by atoms with Gasteiger partial charge in [0.2, 0.25) is 0 Å². The van der Waals surface area contributed by atoms with Gasteiger partial charge in [0.25, 0.3) is 0 Å². The largest absolute Gasteiger partial charge is 0.373 e. The second-order valence-corrected chi connectivity index (χ2v) is 5.31. The fourth-order valence-electron chi connectivity index (χ4n) is 2.24. The average molecular weight is 246 g/mol. The lowest BCUT2D eigenvalue weighted by Crippen LogP contribution is -2.28. The van der Waals surface area contributed by atoms with Crippen LogP contribution in [0.1, 0.15) is 39.7 Å². The highest BCUT2D eigenvalue weighted by Crippen LogP contribution is 2.25. The Morgan fingerprint density at radius 1 is 1.17 bits per heavy atom. The molecule has 18 heavy (non-hydrogen) atoms. The van der Waals surface area contributed by atoms with Crippen molar-refractivity contribution in [1.29, 1.82) is 0 Å². The summed E-state index contributed by atoms with van der Waals surface area (Å²) in [6.07, 6.45) is 1.27. The molecular formula is C17H26O. The van der Waals surface area contributed by atoms with Gasteiger partial charge in [0.15, 0.2) is 0 Å². The van der Waals surface area contributed by atoms with E-state index in [0.29, 0.717) is 18.4 Å². The SMILES string of the molecule is C=C(CC)[C@@H](C)[C@@H](OCc1ccccc1)C(C)C. The monoisotopic (exact) mass is 246 g/mol. The minimum atomic E-state index is 0.248. The van der Waals surface area contributed by atoms with Crippen LogP contribution >= 0.6 is 0 Å². The lowest BCUT2D eigenvalue weighted by atomic mass is 9.88. The summed E-state index contributed by atoms with van der Waals surface area (Å²) in [6.45, 7) is 13.7. The van der Waals surface area contributed by atoms with Crippen molar-refractivity contribution in [2.75, 3.05) is 0 Å². The van der Waals surface area contributed by atoms with E-state index >= 15 is 0 Å². The smallest absolute Gasteiger partial charge is 0.0721 e. The maximum absolute atomic E-state index is 6.11. The van der Waals surface area contributed by atoms with Crippen molar-refractivity contribution < 1.29 is 4.74 Å². The van der Waals surface area contributed by atoms with Crippen LogP contribution in [0.5, 0.6) is 0 Å². The van der Waals surface area contributed by atoms with Crippen LogP contribution in [0, 0.1) is 11.8 Å². The number of benzene rings is 1. The molecule has 0 aliphatic heterocycles. The maximum Gasteiger partial charge on any atom is 0.0721 e. The minimum Gasteiger partial charge on any atom is -0.373 e. The van der Waals surface area contributed by atoms with Gasteiger partial charge in [0, 0.05) is 5.92 Å². The van der Waals surface area contributed by atoms with Crippen LogP contribution < -0.4 is 0 Å². The normalized spacial score (nSPS) is 14.5. The second kappa shape index (κ2) is 7.38. The third-order valence-corrected chi connectivity index (χ3v) is 3.53. The van der Waals surface area contributed by atoms with Gasteiger partial charge in [-0.15, -0.1) is 0 Å². The van der Waals surface area contributed by atoms with Crippen molar-refractivity contribution in [2.45, 2.75) is 46.8 Å². The van der Waals surface area contributed by atoms with Crippen LogP contribution in [0.2, 0.25) is 0 Å². The maximum atomic E-state index is 6.11. The van der Waals surface area contributed by atoms with Gasteiger partial charge < -0.3 is 4.74 Å². The number of hydrogen-bond acceptors (Lipinski definition) is 1. The molecule has 0 fully saturated rings. The molecule has 0 amide bonds. The number of ether oxygens (including phenoxy) is 1. The van der Waals surface area contributed by atoms with E-state index in [0.717, 1.165) is 6.42 Å². The number of hydrogen-bond donors (Lipinski definition) is 0. The molecule has 1 nitrogen and oxygen atoms in total. The first-order chi connectivity index (χ1) is 8.56. The molecular weight excluding hydrogens is 220 g/mol. The third kappa shape index (κ3) is 4.30. The van der Waals surface area contributed by atoms with E-state index in [1.807, 2.05) is 6.07 Å². The molecule has 1 heteroatoms. The van der Waals surface area contributed by atoms with Crippen molar-refractivity contribution in [3.63, 3.8) is 0 Å². The highest BCUT2D eigenvalue weighted by Gasteiger charge is 2.23. The Balaban J connectivity index is 2.61. The van der Waals surface area contributed by atoms with Gasteiger partial charge in [-0.25, -0.2) is 0 Å². The first kappa shape index (κ1) is 15.0. The van der Waals surface area contributed by atoms with Crippen molar-refractivity contribution in [3.05, 3.63) is 48.0 Å². The Labute approximate surface area is 112 Å². The van der Waals surface area contributed by atoms with Crippen molar-refractivity contribution in [3.8, 4) is 0 Å². The topological polar surface area (TPSA) is 9.23 Å². The quantitative estimate of drug-likeness (QED) is 0.626. The van der Waals surface area contributed by atoms with Crippen LogP contribution in [0.15, 0.2) is 42.5 Å². The molecule has 0 N–H and O–H groups in total. The highest BCUT2D eigenvalue weighted by atomic mass is 16.5. The van der Waals surface area contributed by atoms with E-state index in [1.165, 1.54) is 11.1 Å². The Bertz CT molecular complexity index is 353. The standard InChI is InChI=1S/C17H26O/c1-6-14(4)15(5)17(13(2)3)18-12-16-10-8-7-9-11-16/h7-11,13,15,17H,4,6,12H2,1-3,5H3/t15-,17+/m1/s1. The Hall–Kier alpha value is -1.08. The van der Waals surface area contributed by atoms with Crippen LogP contribution in [0.4, 0.5) is 0 Å². The molecule has 0 spiro atoms. The summed E-state index contributed by atoms with van der Waals surface area (Å²) in [4.78, 5) is 0. The van der Waals surface area contributed by atoms with Gasteiger partial charge in [0.05, 0.1) is 12.7 Å². The summed E-state index contributed by atoms with van der Waals surface area (Å²) in [6, 6.07) is 10.4. The molecule has 2 atom stereocenters.